The number of hydrogen-bond donors (Lipinski definition) is 3. The van der Waals surface area contributed by atoms with Crippen molar-refractivity contribution in [3.63, 3.8) is 0 Å². The number of phosphoric ester groups is 2. The molecule has 0 aromatic heterocycles. The third-order valence-electron chi connectivity index (χ3n) is 18.6. The smallest absolute Gasteiger partial charge is 0.462 e. The Hall–Kier alpha value is -1.94. The van der Waals surface area contributed by atoms with Gasteiger partial charge in [0, 0.05) is 25.7 Å². The standard InChI is InChI=1S/C77H150O17P2/c1-8-11-12-13-14-15-16-21-30-37-44-51-58-74(79)87-64-73(94-77(82)61-54-47-40-33-26-24-29-36-43-50-57-70(7)10-3)67-92-96(85,86)90-63-71(78)62-89-95(83,84)91-66-72(65-88-75(80)59-52-45-38-31-25-23-28-35-42-49-56-69(6)9-2)93-76(81)60-53-46-39-32-22-19-17-18-20-27-34-41-48-55-68(4)5/h68-73,78H,8-67H2,1-7H3,(H,83,84)(H,85,86)/t69?,70?,71-,72-,73-/m1/s1. The average molecular weight is 1410 g/mol. The zero-order chi connectivity index (χ0) is 70.9. The molecule has 3 N–H and O–H groups in total. The molecule has 0 aliphatic heterocycles. The second kappa shape index (κ2) is 67.5. The molecule has 0 aliphatic carbocycles. The van der Waals surface area contributed by atoms with E-state index in [1.807, 2.05) is 0 Å². The number of ether oxygens (including phenoxy) is 4. The van der Waals surface area contributed by atoms with E-state index in [1.54, 1.807) is 0 Å². The minimum Gasteiger partial charge on any atom is -0.462 e. The Labute approximate surface area is 588 Å². The number of phosphoric acid groups is 2. The van der Waals surface area contributed by atoms with Crippen molar-refractivity contribution in [1.82, 2.24) is 0 Å². The summed E-state index contributed by atoms with van der Waals surface area (Å²) >= 11 is 0. The maximum atomic E-state index is 13.1. The van der Waals surface area contributed by atoms with Crippen LogP contribution in [0.15, 0.2) is 0 Å². The summed E-state index contributed by atoms with van der Waals surface area (Å²) in [6.07, 6.45) is 53.8. The van der Waals surface area contributed by atoms with Crippen LogP contribution in [0.4, 0.5) is 0 Å². The molecule has 19 heteroatoms. The fourth-order valence-electron chi connectivity index (χ4n) is 11.7. The second-order valence-corrected chi connectivity index (χ2v) is 31.6. The van der Waals surface area contributed by atoms with E-state index in [-0.39, 0.29) is 25.7 Å². The van der Waals surface area contributed by atoms with Gasteiger partial charge in [-0.05, 0) is 43.4 Å². The molecule has 0 saturated carbocycles. The summed E-state index contributed by atoms with van der Waals surface area (Å²) in [4.78, 5) is 72.9. The van der Waals surface area contributed by atoms with Crippen LogP contribution in [0.2, 0.25) is 0 Å². The van der Waals surface area contributed by atoms with Crippen molar-refractivity contribution in [3.05, 3.63) is 0 Å². The van der Waals surface area contributed by atoms with Crippen LogP contribution in [0.1, 0.15) is 395 Å². The molecule has 0 rings (SSSR count). The molecule has 0 aliphatic rings. The molecule has 7 atom stereocenters. The van der Waals surface area contributed by atoms with Gasteiger partial charge in [0.15, 0.2) is 12.2 Å². The van der Waals surface area contributed by atoms with E-state index in [4.69, 9.17) is 37.0 Å². The Balaban J connectivity index is 5.28. The molecule has 0 heterocycles. The minimum absolute atomic E-state index is 0.106. The van der Waals surface area contributed by atoms with Crippen LogP contribution in [0.25, 0.3) is 0 Å². The maximum absolute atomic E-state index is 13.1. The van der Waals surface area contributed by atoms with Gasteiger partial charge < -0.3 is 33.8 Å². The normalized spacial score (nSPS) is 14.6. The Morgan fingerprint density at radius 3 is 0.792 bits per heavy atom. The number of esters is 4. The Kier molecular flexibility index (Phi) is 66.2. The van der Waals surface area contributed by atoms with Crippen molar-refractivity contribution in [1.29, 1.82) is 0 Å². The van der Waals surface area contributed by atoms with E-state index in [2.05, 4.69) is 48.5 Å². The van der Waals surface area contributed by atoms with Gasteiger partial charge in [-0.1, -0.05) is 344 Å². The topological polar surface area (TPSA) is 237 Å². The summed E-state index contributed by atoms with van der Waals surface area (Å²) < 4.78 is 68.6. The highest BCUT2D eigenvalue weighted by atomic mass is 31.2. The maximum Gasteiger partial charge on any atom is 0.472 e. The van der Waals surface area contributed by atoms with Crippen molar-refractivity contribution in [2.45, 2.75) is 414 Å². The predicted molar refractivity (Wildman–Crippen MR) is 391 cm³/mol. The van der Waals surface area contributed by atoms with Gasteiger partial charge in [0.1, 0.15) is 19.3 Å². The molecule has 0 fully saturated rings. The van der Waals surface area contributed by atoms with Crippen molar-refractivity contribution in [2.24, 2.45) is 17.8 Å². The van der Waals surface area contributed by atoms with E-state index >= 15 is 0 Å². The summed E-state index contributed by atoms with van der Waals surface area (Å²) in [5, 5.41) is 10.6. The quantitative estimate of drug-likeness (QED) is 0.0222. The molecule has 0 saturated heterocycles. The van der Waals surface area contributed by atoms with Gasteiger partial charge >= 0.3 is 39.5 Å². The first-order valence-corrected chi connectivity index (χ1v) is 42.9. The van der Waals surface area contributed by atoms with Gasteiger partial charge in [-0.25, -0.2) is 9.13 Å². The van der Waals surface area contributed by atoms with E-state index in [1.165, 1.54) is 205 Å². The van der Waals surface area contributed by atoms with Gasteiger partial charge in [-0.15, -0.1) is 0 Å². The SMILES string of the molecule is CCCCCCCCCCCCCCC(=O)OC[C@H](COP(=O)(O)OC[C@H](O)COP(=O)(O)OC[C@@H](COC(=O)CCCCCCCCCCCCC(C)CC)OC(=O)CCCCCCCCCCCCCCCC(C)C)OC(=O)CCCCCCCCCCCCC(C)CC. The molecule has 17 nitrogen and oxygen atoms in total. The van der Waals surface area contributed by atoms with Crippen LogP contribution in [0.3, 0.4) is 0 Å². The van der Waals surface area contributed by atoms with Gasteiger partial charge in [-0.2, -0.15) is 0 Å². The van der Waals surface area contributed by atoms with E-state index < -0.39 is 97.5 Å². The van der Waals surface area contributed by atoms with Crippen molar-refractivity contribution in [3.8, 4) is 0 Å². The highest BCUT2D eigenvalue weighted by Crippen LogP contribution is 2.45. The molecule has 0 spiro atoms. The summed E-state index contributed by atoms with van der Waals surface area (Å²) in [5.74, 6) is 0.285. The van der Waals surface area contributed by atoms with Gasteiger partial charge in [0.05, 0.1) is 26.4 Å². The van der Waals surface area contributed by atoms with Crippen LogP contribution in [-0.2, 0) is 65.4 Å². The molecule has 0 aromatic carbocycles. The van der Waals surface area contributed by atoms with Crippen LogP contribution in [-0.4, -0.2) is 96.7 Å². The number of rotatable bonds is 75. The molecule has 0 bridgehead atoms. The Bertz CT molecular complexity index is 1870. The van der Waals surface area contributed by atoms with E-state index in [0.29, 0.717) is 25.7 Å². The van der Waals surface area contributed by atoms with E-state index in [9.17, 15) is 43.2 Å². The number of carbonyl (C=O) groups excluding carboxylic acids is 4. The summed E-state index contributed by atoms with van der Waals surface area (Å²) in [7, 11) is -9.92. The third kappa shape index (κ3) is 67.9. The van der Waals surface area contributed by atoms with Crippen LogP contribution in [0, 0.1) is 17.8 Å². The summed E-state index contributed by atoms with van der Waals surface area (Å²) in [6, 6.07) is 0. The largest absolute Gasteiger partial charge is 0.472 e. The monoisotopic (exact) mass is 1410 g/mol. The summed E-state index contributed by atoms with van der Waals surface area (Å²) in [5.41, 5.74) is 0. The molecule has 0 amide bonds. The Morgan fingerprint density at radius 2 is 0.531 bits per heavy atom. The van der Waals surface area contributed by atoms with Crippen molar-refractivity contribution in [2.75, 3.05) is 39.6 Å². The lowest BCUT2D eigenvalue weighted by molar-refractivity contribution is -0.161. The number of aliphatic hydroxyl groups is 1. The predicted octanol–water partition coefficient (Wildman–Crippen LogP) is 22.6. The molecular formula is C77H150O17P2. The van der Waals surface area contributed by atoms with Crippen LogP contribution >= 0.6 is 15.6 Å². The van der Waals surface area contributed by atoms with Crippen LogP contribution in [0.5, 0.6) is 0 Å². The van der Waals surface area contributed by atoms with Gasteiger partial charge in [0.25, 0.3) is 0 Å². The average Bonchev–Trinajstić information content (AvgIpc) is 1.14. The molecule has 570 valence electrons. The first kappa shape index (κ1) is 94.1. The second-order valence-electron chi connectivity index (χ2n) is 28.7. The minimum atomic E-state index is -4.96. The highest BCUT2D eigenvalue weighted by molar-refractivity contribution is 7.47. The lowest BCUT2D eigenvalue weighted by Gasteiger charge is -2.21. The van der Waals surface area contributed by atoms with Gasteiger partial charge in [-0.3, -0.25) is 37.3 Å². The van der Waals surface area contributed by atoms with E-state index in [0.717, 1.165) is 108 Å². The first-order valence-electron chi connectivity index (χ1n) is 39.9. The van der Waals surface area contributed by atoms with Crippen LogP contribution < -0.4 is 0 Å². The fraction of sp³-hybridized carbons (Fsp3) is 0.948. The third-order valence-corrected chi connectivity index (χ3v) is 20.5. The van der Waals surface area contributed by atoms with Crippen molar-refractivity contribution >= 4 is 39.5 Å². The zero-order valence-corrected chi connectivity index (χ0v) is 64.6. The number of carbonyl (C=O) groups is 4. The molecule has 0 radical (unpaired) electrons. The highest BCUT2D eigenvalue weighted by Gasteiger charge is 2.30. The Morgan fingerprint density at radius 1 is 0.302 bits per heavy atom. The first-order chi connectivity index (χ1) is 46.3. The number of aliphatic hydroxyl groups excluding tert-OH is 1. The van der Waals surface area contributed by atoms with Gasteiger partial charge in [0.2, 0.25) is 0 Å². The lowest BCUT2D eigenvalue weighted by Crippen LogP contribution is -2.30. The number of unbranched alkanes of at least 4 members (excludes halogenated alkanes) is 41. The molecule has 4 unspecified atom stereocenters. The zero-order valence-electron chi connectivity index (χ0n) is 62.8. The lowest BCUT2D eigenvalue weighted by atomic mass is 9.99. The van der Waals surface area contributed by atoms with Crippen molar-refractivity contribution < 1.29 is 80.2 Å². The molecule has 96 heavy (non-hydrogen) atoms. The fourth-order valence-corrected chi connectivity index (χ4v) is 13.3. The number of hydrogen-bond acceptors (Lipinski definition) is 15. The molecular weight excluding hydrogens is 1260 g/mol. The summed E-state index contributed by atoms with van der Waals surface area (Å²) in [6.45, 7) is 12.0. The molecule has 0 aromatic rings.